The van der Waals surface area contributed by atoms with Crippen LogP contribution in [-0.2, 0) is 10.1 Å². The summed E-state index contributed by atoms with van der Waals surface area (Å²) in [7, 11) is -4.31. The maximum atomic E-state index is 10.6. The van der Waals surface area contributed by atoms with Gasteiger partial charge < -0.3 is 9.66 Å². The molecule has 0 saturated carbocycles. The summed E-state index contributed by atoms with van der Waals surface area (Å²) in [6, 6.07) is 0. The van der Waals surface area contributed by atoms with Gasteiger partial charge in [-0.25, -0.2) is 8.42 Å². The van der Waals surface area contributed by atoms with Gasteiger partial charge in [0.15, 0.2) is 0 Å². The fourth-order valence-corrected chi connectivity index (χ4v) is 1.94. The van der Waals surface area contributed by atoms with E-state index in [4.69, 9.17) is 5.11 Å². The molecule has 0 aromatic rings. The topological polar surface area (TPSA) is 77.4 Å². The Morgan fingerprint density at radius 2 is 1.73 bits per heavy atom. The minimum Gasteiger partial charge on any atom is -0.748 e. The Morgan fingerprint density at radius 3 is 2.13 bits per heavy atom. The van der Waals surface area contributed by atoms with Crippen LogP contribution in [0.1, 0.15) is 45.4 Å². The molecule has 0 aromatic heterocycles. The van der Waals surface area contributed by atoms with Crippen LogP contribution in [0.25, 0.3) is 0 Å². The normalized spacial score (nSPS) is 13.3. The summed E-state index contributed by atoms with van der Waals surface area (Å²) in [6.07, 6.45) is 5.24. The van der Waals surface area contributed by atoms with E-state index in [9.17, 15) is 13.0 Å². The van der Waals surface area contributed by atoms with Crippen LogP contribution < -0.4 is 29.6 Å². The van der Waals surface area contributed by atoms with Crippen molar-refractivity contribution in [2.45, 2.75) is 50.7 Å². The Balaban J connectivity index is 0. The average molecular weight is 246 g/mol. The molecular formula is C9H19NaO4S. The summed E-state index contributed by atoms with van der Waals surface area (Å²) in [6.45, 7) is 1.54. The van der Waals surface area contributed by atoms with Crippen LogP contribution in [0.3, 0.4) is 0 Å². The molecule has 1 N–H and O–H groups in total. The first-order valence-corrected chi connectivity index (χ1v) is 6.55. The van der Waals surface area contributed by atoms with E-state index in [-0.39, 0.29) is 36.0 Å². The van der Waals surface area contributed by atoms with Gasteiger partial charge in [-0.2, -0.15) is 0 Å². The van der Waals surface area contributed by atoms with Crippen LogP contribution in [0, 0.1) is 0 Å². The summed E-state index contributed by atoms with van der Waals surface area (Å²) in [5.41, 5.74) is 0. The van der Waals surface area contributed by atoms with E-state index in [0.717, 1.165) is 25.7 Å². The Kier molecular flexibility index (Phi) is 12.2. The summed E-state index contributed by atoms with van der Waals surface area (Å²) in [5.74, 6) is 0. The third-order valence-electron chi connectivity index (χ3n) is 2.24. The molecule has 0 aliphatic heterocycles. The van der Waals surface area contributed by atoms with E-state index < -0.39 is 22.0 Å². The molecule has 15 heavy (non-hydrogen) atoms. The van der Waals surface area contributed by atoms with Gasteiger partial charge in [0.1, 0.15) is 0 Å². The molecule has 0 heterocycles. The van der Waals surface area contributed by atoms with Crippen LogP contribution >= 0.6 is 0 Å². The predicted molar refractivity (Wildman–Crippen MR) is 53.9 cm³/mol. The zero-order valence-electron chi connectivity index (χ0n) is 9.61. The molecule has 0 aliphatic rings. The molecule has 0 amide bonds. The van der Waals surface area contributed by atoms with Crippen molar-refractivity contribution in [3.05, 3.63) is 0 Å². The summed E-state index contributed by atoms with van der Waals surface area (Å²) >= 11 is 0. The maximum Gasteiger partial charge on any atom is 1.00 e. The van der Waals surface area contributed by atoms with Crippen LogP contribution in [0.5, 0.6) is 0 Å². The minimum atomic E-state index is -4.31. The molecule has 0 fully saturated rings. The third-order valence-corrected chi connectivity index (χ3v) is 3.44. The van der Waals surface area contributed by atoms with Crippen molar-refractivity contribution in [2.24, 2.45) is 0 Å². The van der Waals surface area contributed by atoms with Gasteiger partial charge >= 0.3 is 29.6 Å². The molecule has 0 radical (unpaired) electrons. The summed E-state index contributed by atoms with van der Waals surface area (Å²) < 4.78 is 31.7. The number of unbranched alkanes of at least 4 members (excludes halogenated alkanes) is 4. The van der Waals surface area contributed by atoms with Gasteiger partial charge in [0, 0.05) is 0 Å². The molecule has 6 heteroatoms. The first-order valence-electron chi connectivity index (χ1n) is 5.08. The molecule has 1 atom stereocenters. The quantitative estimate of drug-likeness (QED) is 0.313. The molecule has 4 nitrogen and oxygen atoms in total. The van der Waals surface area contributed by atoms with Crippen molar-refractivity contribution in [3.8, 4) is 0 Å². The maximum absolute atomic E-state index is 10.6. The van der Waals surface area contributed by atoms with Crippen molar-refractivity contribution in [1.29, 1.82) is 0 Å². The molecule has 0 bridgehead atoms. The third kappa shape index (κ3) is 9.78. The second-order valence-electron chi connectivity index (χ2n) is 3.50. The van der Waals surface area contributed by atoms with E-state index >= 15 is 0 Å². The second-order valence-corrected chi connectivity index (χ2v) is 5.15. The molecule has 0 rings (SSSR count). The van der Waals surface area contributed by atoms with E-state index in [0.29, 0.717) is 6.42 Å². The summed E-state index contributed by atoms with van der Waals surface area (Å²) in [4.78, 5) is 0. The Morgan fingerprint density at radius 1 is 1.20 bits per heavy atom. The average Bonchev–Trinajstić information content (AvgIpc) is 2.09. The Bertz CT molecular complexity index is 228. The Hall–Kier alpha value is 0.870. The van der Waals surface area contributed by atoms with Crippen molar-refractivity contribution in [3.63, 3.8) is 0 Å². The molecule has 0 spiro atoms. The summed E-state index contributed by atoms with van der Waals surface area (Å²) in [5, 5.41) is 7.58. The molecule has 1 unspecified atom stereocenters. The van der Waals surface area contributed by atoms with E-state index in [1.807, 2.05) is 0 Å². The van der Waals surface area contributed by atoms with E-state index in [1.165, 1.54) is 0 Å². The fourth-order valence-electron chi connectivity index (χ4n) is 1.30. The molecular weight excluding hydrogens is 227 g/mol. The van der Waals surface area contributed by atoms with Crippen LogP contribution in [0.15, 0.2) is 0 Å². The van der Waals surface area contributed by atoms with Gasteiger partial charge in [-0.1, -0.05) is 39.0 Å². The van der Waals surface area contributed by atoms with Gasteiger partial charge in [0.2, 0.25) is 0 Å². The van der Waals surface area contributed by atoms with Crippen molar-refractivity contribution >= 4 is 10.1 Å². The number of aliphatic hydroxyl groups is 1. The SMILES string of the molecule is CCCCCCCC(CO)S(=O)(=O)[O-].[Na+]. The zero-order valence-corrected chi connectivity index (χ0v) is 12.4. The first-order chi connectivity index (χ1) is 6.52. The molecule has 0 saturated heterocycles. The number of aliphatic hydroxyl groups excluding tert-OH is 1. The predicted octanol–water partition coefficient (Wildman–Crippen LogP) is -1.74. The van der Waals surface area contributed by atoms with Gasteiger partial charge in [0.05, 0.1) is 22.0 Å². The van der Waals surface area contributed by atoms with Crippen molar-refractivity contribution in [1.82, 2.24) is 0 Å². The largest absolute Gasteiger partial charge is 1.00 e. The second kappa shape index (κ2) is 10.1. The van der Waals surface area contributed by atoms with Gasteiger partial charge in [-0.3, -0.25) is 0 Å². The zero-order chi connectivity index (χ0) is 11.0. The van der Waals surface area contributed by atoms with E-state index in [1.54, 1.807) is 0 Å². The number of hydrogen-bond donors (Lipinski definition) is 1. The van der Waals surface area contributed by atoms with Crippen LogP contribution in [-0.4, -0.2) is 29.9 Å². The monoisotopic (exact) mass is 246 g/mol. The van der Waals surface area contributed by atoms with Gasteiger partial charge in [-0.15, -0.1) is 0 Å². The van der Waals surface area contributed by atoms with Gasteiger partial charge in [0.25, 0.3) is 0 Å². The number of hydrogen-bond acceptors (Lipinski definition) is 4. The van der Waals surface area contributed by atoms with Crippen molar-refractivity contribution < 1.29 is 47.6 Å². The van der Waals surface area contributed by atoms with Crippen LogP contribution in [0.4, 0.5) is 0 Å². The smallest absolute Gasteiger partial charge is 0.748 e. The Labute approximate surface area is 114 Å². The first kappa shape index (κ1) is 18.2. The van der Waals surface area contributed by atoms with Crippen molar-refractivity contribution in [2.75, 3.05) is 6.61 Å². The van der Waals surface area contributed by atoms with Gasteiger partial charge in [-0.05, 0) is 6.42 Å². The molecule has 86 valence electrons. The van der Waals surface area contributed by atoms with E-state index in [2.05, 4.69) is 6.92 Å². The standard InChI is InChI=1S/C9H20O4S.Na/c1-2-3-4-5-6-7-9(8-10)14(11,12)13;/h9-10H,2-8H2,1H3,(H,11,12,13);/q;+1/p-1. The number of rotatable bonds is 8. The fraction of sp³-hybridized carbons (Fsp3) is 1.00. The molecule has 0 aliphatic carbocycles. The van der Waals surface area contributed by atoms with Crippen LogP contribution in [0.2, 0.25) is 0 Å². The minimum absolute atomic E-state index is 0. The molecule has 0 aromatic carbocycles.